The summed E-state index contributed by atoms with van der Waals surface area (Å²) in [7, 11) is 1.48. The first-order valence-corrected chi connectivity index (χ1v) is 8.28. The minimum absolute atomic E-state index is 0.139. The summed E-state index contributed by atoms with van der Waals surface area (Å²) in [5, 5.41) is 4.96. The molecule has 0 saturated carbocycles. The van der Waals surface area contributed by atoms with Gasteiger partial charge in [-0.1, -0.05) is 12.1 Å². The maximum absolute atomic E-state index is 12.2. The van der Waals surface area contributed by atoms with Crippen molar-refractivity contribution in [1.82, 2.24) is 4.98 Å². The van der Waals surface area contributed by atoms with Crippen molar-refractivity contribution in [1.29, 1.82) is 0 Å². The van der Waals surface area contributed by atoms with Crippen LogP contribution in [0.3, 0.4) is 0 Å². The number of carbonyl (C=O) groups is 3. The molecule has 1 heterocycles. The number of hydrogen-bond donors (Lipinski definition) is 2. The number of rotatable bonds is 5. The fourth-order valence-corrected chi connectivity index (χ4v) is 2.51. The molecule has 0 spiro atoms. The maximum Gasteiger partial charge on any atom is 0.314 e. The molecule has 2 aromatic carbocycles. The van der Waals surface area contributed by atoms with Crippen molar-refractivity contribution < 1.29 is 23.5 Å². The monoisotopic (exact) mass is 379 g/mol. The Morgan fingerprint density at radius 3 is 2.32 bits per heavy atom. The number of ketones is 1. The molecule has 0 atom stereocenters. The Kier molecular flexibility index (Phi) is 5.50. The highest BCUT2D eigenvalue weighted by molar-refractivity contribution is 6.43. The molecule has 1 aromatic heterocycles. The smallest absolute Gasteiger partial charge is 0.314 e. The van der Waals surface area contributed by atoms with Crippen molar-refractivity contribution in [2.75, 3.05) is 17.7 Å². The second-order valence-electron chi connectivity index (χ2n) is 5.83. The second-order valence-corrected chi connectivity index (χ2v) is 5.83. The van der Waals surface area contributed by atoms with E-state index >= 15 is 0 Å². The van der Waals surface area contributed by atoms with E-state index in [4.69, 9.17) is 9.15 Å². The van der Waals surface area contributed by atoms with E-state index in [2.05, 4.69) is 15.6 Å². The number of hydrogen-bond acceptors (Lipinski definition) is 6. The van der Waals surface area contributed by atoms with Gasteiger partial charge < -0.3 is 19.8 Å². The zero-order valence-electron chi connectivity index (χ0n) is 15.2. The van der Waals surface area contributed by atoms with Gasteiger partial charge in [-0.3, -0.25) is 14.4 Å². The average molecular weight is 379 g/mol. The second kappa shape index (κ2) is 8.17. The van der Waals surface area contributed by atoms with Gasteiger partial charge in [-0.15, -0.1) is 0 Å². The molecule has 0 fully saturated rings. The minimum atomic E-state index is -0.862. The van der Waals surface area contributed by atoms with Crippen molar-refractivity contribution in [3.63, 3.8) is 0 Å². The molecule has 0 bridgehead atoms. The Morgan fingerprint density at radius 1 is 1.00 bits per heavy atom. The van der Waals surface area contributed by atoms with Gasteiger partial charge >= 0.3 is 11.8 Å². The number of ether oxygens (including phenoxy) is 1. The van der Waals surface area contributed by atoms with E-state index in [9.17, 15) is 14.4 Å². The van der Waals surface area contributed by atoms with E-state index in [1.54, 1.807) is 42.6 Å². The molecule has 2 amide bonds. The van der Waals surface area contributed by atoms with E-state index in [1.165, 1.54) is 26.5 Å². The van der Waals surface area contributed by atoms with Crippen molar-refractivity contribution >= 4 is 29.0 Å². The lowest BCUT2D eigenvalue weighted by Crippen LogP contribution is -2.29. The molecule has 0 aliphatic carbocycles. The molecular formula is C20H17N3O5. The molecule has 0 unspecified atom stereocenters. The zero-order valence-corrected chi connectivity index (χ0v) is 15.2. The standard InChI is InChI=1S/C20H17N3O5/c1-12(24)13-4-3-5-14(8-13)22-19(25)20(26)23-15-6-7-16(17(9-15)27-2)18-10-21-11-28-18/h3-11H,1-2H3,(H,22,25)(H,23,26). The van der Waals surface area contributed by atoms with Gasteiger partial charge in [0.05, 0.1) is 18.9 Å². The van der Waals surface area contributed by atoms with Gasteiger partial charge in [-0.05, 0) is 31.2 Å². The predicted octanol–water partition coefficient (Wildman–Crippen LogP) is 3.13. The molecule has 0 radical (unpaired) electrons. The van der Waals surface area contributed by atoms with Crippen LogP contribution in [0.5, 0.6) is 5.75 Å². The minimum Gasteiger partial charge on any atom is -0.496 e. The first kappa shape index (κ1) is 18.8. The maximum atomic E-state index is 12.2. The van der Waals surface area contributed by atoms with E-state index in [1.807, 2.05) is 0 Å². The summed E-state index contributed by atoms with van der Waals surface area (Å²) in [5.41, 5.74) is 1.82. The first-order valence-electron chi connectivity index (χ1n) is 8.28. The van der Waals surface area contributed by atoms with Gasteiger partial charge in [0.2, 0.25) is 0 Å². The molecule has 0 aliphatic heterocycles. The predicted molar refractivity (Wildman–Crippen MR) is 102 cm³/mol. The quantitative estimate of drug-likeness (QED) is 0.520. The van der Waals surface area contributed by atoms with Gasteiger partial charge in [-0.25, -0.2) is 4.98 Å². The van der Waals surface area contributed by atoms with Crippen LogP contribution in [0.1, 0.15) is 17.3 Å². The van der Waals surface area contributed by atoms with Crippen molar-refractivity contribution in [2.45, 2.75) is 6.92 Å². The van der Waals surface area contributed by atoms with E-state index < -0.39 is 11.8 Å². The van der Waals surface area contributed by atoms with Crippen LogP contribution >= 0.6 is 0 Å². The number of amides is 2. The van der Waals surface area contributed by atoms with Gasteiger partial charge in [0, 0.05) is 23.0 Å². The Hall–Kier alpha value is -3.94. The first-order chi connectivity index (χ1) is 13.5. The largest absolute Gasteiger partial charge is 0.496 e. The van der Waals surface area contributed by atoms with Gasteiger partial charge in [0.15, 0.2) is 17.9 Å². The lowest BCUT2D eigenvalue weighted by Gasteiger charge is -2.10. The third kappa shape index (κ3) is 4.24. The molecule has 2 N–H and O–H groups in total. The average Bonchev–Trinajstić information content (AvgIpc) is 3.22. The van der Waals surface area contributed by atoms with Crippen LogP contribution in [0, 0.1) is 0 Å². The number of Topliss-reactive ketones (excluding diaryl/α,β-unsaturated/α-hetero) is 1. The Balaban J connectivity index is 1.71. The molecule has 8 nitrogen and oxygen atoms in total. The van der Waals surface area contributed by atoms with Crippen LogP contribution in [0.4, 0.5) is 11.4 Å². The van der Waals surface area contributed by atoms with E-state index in [0.717, 1.165) is 0 Å². The molecule has 28 heavy (non-hydrogen) atoms. The van der Waals surface area contributed by atoms with E-state index in [0.29, 0.717) is 34.0 Å². The molecule has 0 aliphatic rings. The number of anilines is 2. The fraction of sp³-hybridized carbons (Fsp3) is 0.100. The molecule has 3 rings (SSSR count). The number of oxazole rings is 1. The van der Waals surface area contributed by atoms with Gasteiger partial charge in [0.1, 0.15) is 5.75 Å². The van der Waals surface area contributed by atoms with Crippen LogP contribution < -0.4 is 15.4 Å². The number of nitrogens with zero attached hydrogens (tertiary/aromatic N) is 1. The number of nitrogens with one attached hydrogen (secondary N) is 2. The molecular weight excluding hydrogens is 362 g/mol. The van der Waals surface area contributed by atoms with Gasteiger partial charge in [0.25, 0.3) is 0 Å². The van der Waals surface area contributed by atoms with Crippen LogP contribution in [0.15, 0.2) is 59.5 Å². The Bertz CT molecular complexity index is 1030. The zero-order chi connectivity index (χ0) is 20.1. The lowest BCUT2D eigenvalue weighted by atomic mass is 10.1. The normalized spacial score (nSPS) is 10.2. The molecule has 142 valence electrons. The Morgan fingerprint density at radius 2 is 1.71 bits per heavy atom. The number of benzene rings is 2. The summed E-state index contributed by atoms with van der Waals surface area (Å²) in [6.45, 7) is 1.42. The third-order valence-corrected chi connectivity index (χ3v) is 3.89. The van der Waals surface area contributed by atoms with Crippen LogP contribution in [0.2, 0.25) is 0 Å². The molecule has 3 aromatic rings. The number of carbonyl (C=O) groups excluding carboxylic acids is 3. The van der Waals surface area contributed by atoms with E-state index in [-0.39, 0.29) is 5.78 Å². The summed E-state index contributed by atoms with van der Waals surface area (Å²) >= 11 is 0. The number of methoxy groups -OCH3 is 1. The summed E-state index contributed by atoms with van der Waals surface area (Å²) in [4.78, 5) is 39.6. The highest BCUT2D eigenvalue weighted by Crippen LogP contribution is 2.32. The molecule has 0 saturated heterocycles. The van der Waals surface area contributed by atoms with Crippen LogP contribution in [-0.4, -0.2) is 29.7 Å². The summed E-state index contributed by atoms with van der Waals surface area (Å²) in [6.07, 6.45) is 2.84. The van der Waals surface area contributed by atoms with Crippen molar-refractivity contribution in [3.05, 3.63) is 60.6 Å². The number of aromatic nitrogens is 1. The molecule has 8 heteroatoms. The lowest BCUT2D eigenvalue weighted by molar-refractivity contribution is -0.132. The van der Waals surface area contributed by atoms with Crippen molar-refractivity contribution in [2.24, 2.45) is 0 Å². The summed E-state index contributed by atoms with van der Waals surface area (Å²) < 4.78 is 10.6. The van der Waals surface area contributed by atoms with Crippen molar-refractivity contribution in [3.8, 4) is 17.1 Å². The highest BCUT2D eigenvalue weighted by atomic mass is 16.5. The van der Waals surface area contributed by atoms with Crippen LogP contribution in [-0.2, 0) is 9.59 Å². The fourth-order valence-electron chi connectivity index (χ4n) is 2.51. The highest BCUT2D eigenvalue weighted by Gasteiger charge is 2.16. The van der Waals surface area contributed by atoms with Gasteiger partial charge in [-0.2, -0.15) is 0 Å². The Labute approximate surface area is 160 Å². The third-order valence-electron chi connectivity index (χ3n) is 3.89. The topological polar surface area (TPSA) is 111 Å². The summed E-state index contributed by atoms with van der Waals surface area (Å²) in [5.74, 6) is -0.900. The SMILES string of the molecule is COc1cc(NC(=O)C(=O)Nc2cccc(C(C)=O)c2)ccc1-c1cnco1. The van der Waals surface area contributed by atoms with Crippen LogP contribution in [0.25, 0.3) is 11.3 Å². The summed E-state index contributed by atoms with van der Waals surface area (Å²) in [6, 6.07) is 11.2.